The van der Waals surface area contributed by atoms with Crippen LogP contribution in [0.4, 0.5) is 0 Å². The zero-order valence-electron chi connectivity index (χ0n) is 14.6. The molecule has 0 saturated carbocycles. The molecule has 4 heterocycles. The van der Waals surface area contributed by atoms with Crippen LogP contribution in [0.25, 0.3) is 22.8 Å². The number of carboxylic acid groups (broad SMARTS) is 1. The van der Waals surface area contributed by atoms with Gasteiger partial charge in [-0.05, 0) is 11.5 Å². The van der Waals surface area contributed by atoms with Gasteiger partial charge in [-0.1, -0.05) is 20.8 Å². The van der Waals surface area contributed by atoms with Crippen LogP contribution in [0.5, 0.6) is 0 Å². The molecule has 0 aliphatic carbocycles. The van der Waals surface area contributed by atoms with Crippen LogP contribution in [0.1, 0.15) is 37.2 Å². The van der Waals surface area contributed by atoms with Crippen LogP contribution in [-0.2, 0) is 6.54 Å². The normalized spacial score (nSPS) is 16.2. The number of hydrogen-bond acceptors (Lipinski definition) is 5. The van der Waals surface area contributed by atoms with Crippen molar-refractivity contribution in [2.45, 2.75) is 33.4 Å². The largest absolute Gasteiger partial charge is 0.477 e. The number of rotatable bonds is 2. The van der Waals surface area contributed by atoms with Crippen LogP contribution in [-0.4, -0.2) is 30.4 Å². The Morgan fingerprint density at radius 1 is 1.31 bits per heavy atom. The lowest BCUT2D eigenvalue weighted by Gasteiger charge is -2.38. The van der Waals surface area contributed by atoms with Crippen LogP contribution in [0.2, 0.25) is 0 Å². The molecule has 134 valence electrons. The molecule has 3 aromatic heterocycles. The maximum Gasteiger partial charge on any atom is 0.341 e. The third-order valence-corrected chi connectivity index (χ3v) is 4.72. The predicted molar refractivity (Wildman–Crippen MR) is 92.9 cm³/mol. The number of nitrogens with zero attached hydrogens (tertiary/aromatic N) is 4. The van der Waals surface area contributed by atoms with Gasteiger partial charge in [0, 0.05) is 12.3 Å². The summed E-state index contributed by atoms with van der Waals surface area (Å²) in [4.78, 5) is 27.6. The fraction of sp³-hybridized carbons (Fsp3) is 0.333. The van der Waals surface area contributed by atoms with Crippen molar-refractivity contribution in [2.24, 2.45) is 5.41 Å². The second-order valence-electron chi connectivity index (χ2n) is 7.49. The Labute approximate surface area is 148 Å². The smallest absolute Gasteiger partial charge is 0.341 e. The molecule has 1 aliphatic heterocycles. The molecule has 8 nitrogen and oxygen atoms in total. The highest BCUT2D eigenvalue weighted by molar-refractivity contribution is 5.87. The number of carboxylic acids is 1. The van der Waals surface area contributed by atoms with Crippen molar-refractivity contribution in [3.8, 4) is 22.8 Å². The topological polar surface area (TPSA) is 103 Å². The van der Waals surface area contributed by atoms with E-state index in [1.807, 2.05) is 15.3 Å². The van der Waals surface area contributed by atoms with E-state index in [4.69, 9.17) is 4.42 Å². The highest BCUT2D eigenvalue weighted by Gasteiger charge is 2.34. The van der Waals surface area contributed by atoms with Gasteiger partial charge in [0.1, 0.15) is 11.3 Å². The second-order valence-corrected chi connectivity index (χ2v) is 7.49. The Hall–Kier alpha value is -3.16. The molecule has 4 rings (SSSR count). The SMILES string of the molecule is CC(C)(C)[C@@H]1Cn2nc(-c3cnco3)cc2-c2cc(=O)c(C(=O)O)cn21. The molecule has 1 aliphatic rings. The Morgan fingerprint density at radius 2 is 2.08 bits per heavy atom. The van der Waals surface area contributed by atoms with E-state index in [1.54, 1.807) is 6.20 Å². The summed E-state index contributed by atoms with van der Waals surface area (Å²) in [5.74, 6) is -0.686. The van der Waals surface area contributed by atoms with Gasteiger partial charge in [0.15, 0.2) is 17.6 Å². The standard InChI is InChI=1S/C18H18N4O4/c1-18(2,3)16-8-22-13(4-11(20-22)15-6-19-9-26-15)12-5-14(23)10(17(24)25)7-21(12)16/h4-7,9,16H,8H2,1-3H3,(H,24,25)/t16-/m0/s1. The third-order valence-electron chi connectivity index (χ3n) is 4.72. The number of fused-ring (bicyclic) bond motifs is 3. The Morgan fingerprint density at radius 3 is 2.69 bits per heavy atom. The van der Waals surface area contributed by atoms with E-state index in [0.717, 1.165) is 5.69 Å². The van der Waals surface area contributed by atoms with Crippen molar-refractivity contribution in [3.05, 3.63) is 46.7 Å². The van der Waals surface area contributed by atoms with Gasteiger partial charge in [0.25, 0.3) is 0 Å². The van der Waals surface area contributed by atoms with Gasteiger partial charge in [0.2, 0.25) is 0 Å². The summed E-state index contributed by atoms with van der Waals surface area (Å²) in [5.41, 5.74) is 1.08. The lowest BCUT2D eigenvalue weighted by Crippen LogP contribution is -2.35. The van der Waals surface area contributed by atoms with Gasteiger partial charge in [-0.25, -0.2) is 9.78 Å². The first-order valence-corrected chi connectivity index (χ1v) is 8.22. The van der Waals surface area contributed by atoms with Crippen LogP contribution in [0.3, 0.4) is 0 Å². The Kier molecular flexibility index (Phi) is 3.40. The van der Waals surface area contributed by atoms with Crippen LogP contribution in [0.15, 0.2) is 40.1 Å². The first-order valence-electron chi connectivity index (χ1n) is 8.22. The first-order chi connectivity index (χ1) is 12.3. The minimum atomic E-state index is -1.22. The zero-order chi connectivity index (χ0) is 18.6. The fourth-order valence-corrected chi connectivity index (χ4v) is 3.34. The highest BCUT2D eigenvalue weighted by Crippen LogP contribution is 2.40. The molecule has 0 unspecified atom stereocenters. The molecule has 0 fully saturated rings. The Bertz CT molecular complexity index is 1050. The van der Waals surface area contributed by atoms with Crippen molar-refractivity contribution in [1.29, 1.82) is 0 Å². The van der Waals surface area contributed by atoms with Crippen molar-refractivity contribution in [2.75, 3.05) is 0 Å². The molecule has 0 radical (unpaired) electrons. The van der Waals surface area contributed by atoms with E-state index in [2.05, 4.69) is 30.9 Å². The first kappa shape index (κ1) is 16.3. The monoisotopic (exact) mass is 354 g/mol. The van der Waals surface area contributed by atoms with Crippen molar-refractivity contribution >= 4 is 5.97 Å². The van der Waals surface area contributed by atoms with Crippen molar-refractivity contribution < 1.29 is 14.3 Å². The van der Waals surface area contributed by atoms with Gasteiger partial charge >= 0.3 is 5.97 Å². The lowest BCUT2D eigenvalue weighted by molar-refractivity contribution is 0.0693. The number of aromatic carboxylic acids is 1. The Balaban J connectivity index is 1.96. The van der Waals surface area contributed by atoms with Crippen molar-refractivity contribution in [3.63, 3.8) is 0 Å². The molecule has 1 atom stereocenters. The van der Waals surface area contributed by atoms with Gasteiger partial charge in [-0.3, -0.25) is 9.48 Å². The van der Waals surface area contributed by atoms with Gasteiger partial charge in [-0.2, -0.15) is 5.10 Å². The van der Waals surface area contributed by atoms with E-state index in [9.17, 15) is 14.7 Å². The minimum absolute atomic E-state index is 0.0637. The molecule has 1 N–H and O–H groups in total. The molecule has 8 heteroatoms. The fourth-order valence-electron chi connectivity index (χ4n) is 3.34. The summed E-state index contributed by atoms with van der Waals surface area (Å²) in [6.45, 7) is 6.78. The van der Waals surface area contributed by atoms with Crippen molar-refractivity contribution in [1.82, 2.24) is 19.3 Å². The zero-order valence-corrected chi connectivity index (χ0v) is 14.6. The minimum Gasteiger partial charge on any atom is -0.477 e. The quantitative estimate of drug-likeness (QED) is 0.759. The van der Waals surface area contributed by atoms with E-state index in [1.165, 1.54) is 18.7 Å². The maximum atomic E-state index is 12.3. The lowest BCUT2D eigenvalue weighted by atomic mass is 9.85. The number of hydrogen-bond donors (Lipinski definition) is 1. The molecule has 3 aromatic rings. The molecular formula is C18H18N4O4. The molecule has 0 amide bonds. The molecule has 0 spiro atoms. The molecule has 0 aromatic carbocycles. The van der Waals surface area contributed by atoms with E-state index in [-0.39, 0.29) is 17.0 Å². The summed E-state index contributed by atoms with van der Waals surface area (Å²) in [6.07, 6.45) is 4.36. The third kappa shape index (κ3) is 2.45. The van der Waals surface area contributed by atoms with Crippen LogP contribution >= 0.6 is 0 Å². The number of oxazole rings is 1. The van der Waals surface area contributed by atoms with Crippen LogP contribution in [0, 0.1) is 5.41 Å². The summed E-state index contributed by atoms with van der Waals surface area (Å²) < 4.78 is 9.04. The average molecular weight is 354 g/mol. The number of carbonyl (C=O) groups is 1. The molecule has 0 saturated heterocycles. The highest BCUT2D eigenvalue weighted by atomic mass is 16.4. The molecule has 0 bridgehead atoms. The van der Waals surface area contributed by atoms with Gasteiger partial charge < -0.3 is 14.1 Å². The van der Waals surface area contributed by atoms with Gasteiger partial charge in [0.05, 0.1) is 30.2 Å². The molecular weight excluding hydrogens is 336 g/mol. The second kappa shape index (κ2) is 5.42. The average Bonchev–Trinajstić information content (AvgIpc) is 3.21. The summed E-state index contributed by atoms with van der Waals surface area (Å²) in [5, 5.41) is 13.9. The maximum absolute atomic E-state index is 12.3. The van der Waals surface area contributed by atoms with Gasteiger partial charge in [-0.15, -0.1) is 0 Å². The van der Waals surface area contributed by atoms with E-state index in [0.29, 0.717) is 23.7 Å². The summed E-state index contributed by atoms with van der Waals surface area (Å²) >= 11 is 0. The number of aromatic nitrogens is 4. The number of pyridine rings is 1. The molecule has 26 heavy (non-hydrogen) atoms. The van der Waals surface area contributed by atoms with E-state index >= 15 is 0 Å². The van der Waals surface area contributed by atoms with Crippen LogP contribution < -0.4 is 5.43 Å². The van der Waals surface area contributed by atoms with E-state index < -0.39 is 11.4 Å². The summed E-state index contributed by atoms with van der Waals surface area (Å²) in [7, 11) is 0. The predicted octanol–water partition coefficient (Wildman–Crippen LogP) is 2.67. The summed E-state index contributed by atoms with van der Waals surface area (Å²) in [6, 6.07) is 3.13.